The molecule has 2 aromatic rings. The fraction of sp³-hybridized carbons (Fsp3) is 0.333. The molecule has 1 saturated heterocycles. The first-order chi connectivity index (χ1) is 12.0. The maximum Gasteiger partial charge on any atom is 0.273 e. The van der Waals surface area contributed by atoms with Crippen molar-refractivity contribution in [1.82, 2.24) is 14.9 Å². The second kappa shape index (κ2) is 7.72. The number of hydrogen-bond acceptors (Lipinski definition) is 5. The second-order valence-electron chi connectivity index (χ2n) is 6.05. The van der Waals surface area contributed by atoms with E-state index in [2.05, 4.69) is 9.97 Å². The van der Waals surface area contributed by atoms with Crippen molar-refractivity contribution in [2.24, 2.45) is 0 Å². The van der Waals surface area contributed by atoms with Crippen LogP contribution in [0.3, 0.4) is 0 Å². The topological polar surface area (TPSA) is 83.4 Å². The number of nitrogens with zero attached hydrogens (tertiary/aromatic N) is 3. The number of halogens is 1. The van der Waals surface area contributed by atoms with Gasteiger partial charge in [0.05, 0.1) is 12.1 Å². The minimum Gasteiger partial charge on any atom is -0.391 e. The SMILES string of the molecule is O=C(CCc1ccc(Cl)cc1)[C@@H]1C[C@@H](O)CN1C(=O)c1ccncn1. The maximum atomic E-state index is 12.6. The molecule has 25 heavy (non-hydrogen) atoms. The molecule has 1 aromatic heterocycles. The van der Waals surface area contributed by atoms with Gasteiger partial charge < -0.3 is 10.0 Å². The molecular formula is C18H18ClN3O3. The number of likely N-dealkylation sites (tertiary alicyclic amines) is 1. The number of amides is 1. The van der Waals surface area contributed by atoms with Crippen molar-refractivity contribution >= 4 is 23.3 Å². The van der Waals surface area contributed by atoms with Gasteiger partial charge in [0.15, 0.2) is 5.78 Å². The van der Waals surface area contributed by atoms with E-state index in [-0.39, 0.29) is 30.3 Å². The number of rotatable bonds is 5. The van der Waals surface area contributed by atoms with Crippen LogP contribution in [0, 0.1) is 0 Å². The van der Waals surface area contributed by atoms with Crippen molar-refractivity contribution in [2.75, 3.05) is 6.54 Å². The quantitative estimate of drug-likeness (QED) is 0.881. The van der Waals surface area contributed by atoms with Crippen molar-refractivity contribution in [3.8, 4) is 0 Å². The van der Waals surface area contributed by atoms with E-state index in [0.29, 0.717) is 17.9 Å². The van der Waals surface area contributed by atoms with E-state index < -0.39 is 12.1 Å². The monoisotopic (exact) mass is 359 g/mol. The maximum absolute atomic E-state index is 12.6. The van der Waals surface area contributed by atoms with Crippen LogP contribution in [0.1, 0.15) is 28.9 Å². The molecule has 1 N–H and O–H groups in total. The molecule has 2 heterocycles. The first-order valence-corrected chi connectivity index (χ1v) is 8.44. The molecule has 3 rings (SSSR count). The summed E-state index contributed by atoms with van der Waals surface area (Å²) in [6.45, 7) is 0.139. The Morgan fingerprint density at radius 2 is 2.00 bits per heavy atom. The summed E-state index contributed by atoms with van der Waals surface area (Å²) in [4.78, 5) is 34.3. The molecule has 1 amide bonds. The number of Topliss-reactive ketones (excluding diaryl/α,β-unsaturated/α-hetero) is 1. The summed E-state index contributed by atoms with van der Waals surface area (Å²) in [5, 5.41) is 10.6. The Morgan fingerprint density at radius 3 is 2.68 bits per heavy atom. The molecule has 0 radical (unpaired) electrons. The molecule has 0 aliphatic carbocycles. The Labute approximate surface area is 150 Å². The van der Waals surface area contributed by atoms with Crippen molar-refractivity contribution in [1.29, 1.82) is 0 Å². The van der Waals surface area contributed by atoms with Gasteiger partial charge in [0.2, 0.25) is 0 Å². The Bertz CT molecular complexity index is 752. The first kappa shape index (κ1) is 17.5. The number of ketones is 1. The molecule has 130 valence electrons. The summed E-state index contributed by atoms with van der Waals surface area (Å²) in [5.74, 6) is -0.419. The molecule has 1 aliphatic heterocycles. The lowest BCUT2D eigenvalue weighted by molar-refractivity contribution is -0.122. The molecule has 0 bridgehead atoms. The predicted octanol–water partition coefficient (Wildman–Crippen LogP) is 1.91. The number of aliphatic hydroxyl groups excluding tert-OH is 1. The highest BCUT2D eigenvalue weighted by Crippen LogP contribution is 2.22. The molecule has 2 atom stereocenters. The number of benzene rings is 1. The van der Waals surface area contributed by atoms with Crippen LogP contribution in [0.15, 0.2) is 42.9 Å². The molecule has 0 saturated carbocycles. The minimum absolute atomic E-state index is 0.0612. The summed E-state index contributed by atoms with van der Waals surface area (Å²) >= 11 is 5.86. The normalized spacial score (nSPS) is 19.8. The fourth-order valence-corrected chi connectivity index (χ4v) is 3.12. The zero-order valence-corrected chi connectivity index (χ0v) is 14.3. The molecular weight excluding hydrogens is 342 g/mol. The van der Waals surface area contributed by atoms with Gasteiger partial charge in [-0.25, -0.2) is 9.97 Å². The Hall–Kier alpha value is -2.31. The average Bonchev–Trinajstić information content (AvgIpc) is 3.03. The molecule has 1 aliphatic rings. The van der Waals surface area contributed by atoms with Crippen LogP contribution in [0.25, 0.3) is 0 Å². The van der Waals surface area contributed by atoms with Crippen LogP contribution >= 0.6 is 11.6 Å². The van der Waals surface area contributed by atoms with Crippen molar-refractivity contribution in [3.05, 3.63) is 59.1 Å². The predicted molar refractivity (Wildman–Crippen MR) is 92.3 cm³/mol. The number of hydrogen-bond donors (Lipinski definition) is 1. The number of carbonyl (C=O) groups is 2. The van der Waals surface area contributed by atoms with Crippen LogP contribution in [0.5, 0.6) is 0 Å². The Balaban J connectivity index is 1.67. The van der Waals surface area contributed by atoms with Gasteiger partial charge in [0.1, 0.15) is 12.0 Å². The van der Waals surface area contributed by atoms with E-state index in [1.54, 1.807) is 12.1 Å². The lowest BCUT2D eigenvalue weighted by Gasteiger charge is -2.23. The van der Waals surface area contributed by atoms with Crippen LogP contribution in [-0.4, -0.2) is 50.4 Å². The number of carbonyl (C=O) groups excluding carboxylic acids is 2. The van der Waals surface area contributed by atoms with Gasteiger partial charge in [-0.05, 0) is 30.2 Å². The number of aryl methyl sites for hydroxylation is 1. The van der Waals surface area contributed by atoms with Gasteiger partial charge in [-0.15, -0.1) is 0 Å². The van der Waals surface area contributed by atoms with Gasteiger partial charge in [0, 0.05) is 30.6 Å². The lowest BCUT2D eigenvalue weighted by Crippen LogP contribution is -2.41. The largest absolute Gasteiger partial charge is 0.391 e. The Morgan fingerprint density at radius 1 is 1.24 bits per heavy atom. The number of β-amino-alcohol motifs (C(OH)–C–C–N with tert-alkyl or cyclic N) is 1. The van der Waals surface area contributed by atoms with Gasteiger partial charge in [-0.2, -0.15) is 0 Å². The molecule has 0 unspecified atom stereocenters. The Kier molecular flexibility index (Phi) is 5.40. The highest BCUT2D eigenvalue weighted by Gasteiger charge is 2.39. The van der Waals surface area contributed by atoms with E-state index in [0.717, 1.165) is 5.56 Å². The summed E-state index contributed by atoms with van der Waals surface area (Å²) in [6.07, 6.45) is 3.19. The molecule has 6 nitrogen and oxygen atoms in total. The minimum atomic E-state index is -0.699. The third kappa shape index (κ3) is 4.21. The van der Waals surface area contributed by atoms with E-state index in [1.165, 1.54) is 23.5 Å². The van der Waals surface area contributed by atoms with Crippen LogP contribution in [0.4, 0.5) is 0 Å². The molecule has 1 aromatic carbocycles. The van der Waals surface area contributed by atoms with Crippen LogP contribution in [-0.2, 0) is 11.2 Å². The van der Waals surface area contributed by atoms with Crippen molar-refractivity contribution in [3.63, 3.8) is 0 Å². The van der Waals surface area contributed by atoms with E-state index in [4.69, 9.17) is 11.6 Å². The van der Waals surface area contributed by atoms with E-state index in [1.807, 2.05) is 12.1 Å². The number of aliphatic hydroxyl groups is 1. The smallest absolute Gasteiger partial charge is 0.273 e. The highest BCUT2D eigenvalue weighted by molar-refractivity contribution is 6.30. The average molecular weight is 360 g/mol. The summed E-state index contributed by atoms with van der Waals surface area (Å²) in [7, 11) is 0. The van der Waals surface area contributed by atoms with Crippen LogP contribution in [0.2, 0.25) is 5.02 Å². The summed E-state index contributed by atoms with van der Waals surface area (Å²) < 4.78 is 0. The third-order valence-electron chi connectivity index (χ3n) is 4.29. The lowest BCUT2D eigenvalue weighted by atomic mass is 10.0. The molecule has 7 heteroatoms. The third-order valence-corrected chi connectivity index (χ3v) is 4.54. The molecule has 0 spiro atoms. The van der Waals surface area contributed by atoms with Gasteiger partial charge in [-0.3, -0.25) is 9.59 Å². The molecule has 1 fully saturated rings. The number of aromatic nitrogens is 2. The summed E-state index contributed by atoms with van der Waals surface area (Å²) in [6, 6.07) is 8.20. The fourth-order valence-electron chi connectivity index (χ4n) is 2.99. The van der Waals surface area contributed by atoms with Crippen molar-refractivity contribution < 1.29 is 14.7 Å². The zero-order chi connectivity index (χ0) is 17.8. The second-order valence-corrected chi connectivity index (χ2v) is 6.49. The summed E-state index contributed by atoms with van der Waals surface area (Å²) in [5.41, 5.74) is 1.23. The van der Waals surface area contributed by atoms with Gasteiger partial charge in [-0.1, -0.05) is 23.7 Å². The zero-order valence-electron chi connectivity index (χ0n) is 13.5. The van der Waals surface area contributed by atoms with E-state index in [9.17, 15) is 14.7 Å². The highest BCUT2D eigenvalue weighted by atomic mass is 35.5. The van der Waals surface area contributed by atoms with Gasteiger partial charge in [0.25, 0.3) is 5.91 Å². The van der Waals surface area contributed by atoms with E-state index >= 15 is 0 Å². The van der Waals surface area contributed by atoms with Crippen molar-refractivity contribution in [2.45, 2.75) is 31.4 Å². The standard InChI is InChI=1S/C18H18ClN3O3/c19-13-4-1-12(2-5-13)3-6-17(24)16-9-14(23)10-22(16)18(25)15-7-8-20-11-21-15/h1-2,4-5,7-8,11,14,16,23H,3,6,9-10H2/t14-,16+/m1/s1. The van der Waals surface area contributed by atoms with Gasteiger partial charge >= 0.3 is 0 Å². The van der Waals surface area contributed by atoms with Crippen LogP contribution < -0.4 is 0 Å². The first-order valence-electron chi connectivity index (χ1n) is 8.07.